The normalized spacial score (nSPS) is 17.5. The molecule has 2 heterocycles. The molecule has 3 amide bonds. The number of carbonyl (C=O) groups excluding carboxylic acids is 2. The smallest absolute Gasteiger partial charge is 0.408 e. The summed E-state index contributed by atoms with van der Waals surface area (Å²) < 4.78 is 5.58. The third kappa shape index (κ3) is 6.48. The molecule has 1 aliphatic rings. The second-order valence-corrected chi connectivity index (χ2v) is 12.1. The van der Waals surface area contributed by atoms with E-state index in [0.717, 1.165) is 14.9 Å². The lowest BCUT2D eigenvalue weighted by Gasteiger charge is -2.42. The van der Waals surface area contributed by atoms with E-state index in [-0.39, 0.29) is 24.6 Å². The molecule has 0 aliphatic carbocycles. The van der Waals surface area contributed by atoms with Crippen LogP contribution in [0.5, 0.6) is 0 Å². The Labute approximate surface area is 262 Å². The van der Waals surface area contributed by atoms with Gasteiger partial charge in [0.25, 0.3) is 11.8 Å². The Kier molecular flexibility index (Phi) is 9.95. The number of amides is 3. The van der Waals surface area contributed by atoms with Gasteiger partial charge in [-0.1, -0.05) is 83.6 Å². The topological polar surface area (TPSA) is 127 Å². The minimum Gasteiger partial charge on any atom is -0.465 e. The van der Waals surface area contributed by atoms with E-state index < -0.39 is 40.9 Å². The molecule has 2 N–H and O–H groups in total. The predicted molar refractivity (Wildman–Crippen MR) is 161 cm³/mol. The Morgan fingerprint density at radius 3 is 2.29 bits per heavy atom. The van der Waals surface area contributed by atoms with Crippen molar-refractivity contribution >= 4 is 70.0 Å². The third-order valence-electron chi connectivity index (χ3n) is 7.10. The lowest BCUT2D eigenvalue weighted by atomic mass is 10.0. The lowest BCUT2D eigenvalue weighted by Crippen LogP contribution is -2.61. The van der Waals surface area contributed by atoms with Crippen LogP contribution in [0.3, 0.4) is 0 Å². The molecule has 1 aromatic heterocycles. The minimum absolute atomic E-state index is 0.134. The van der Waals surface area contributed by atoms with Crippen molar-refractivity contribution in [3.63, 3.8) is 0 Å². The van der Waals surface area contributed by atoms with Crippen LogP contribution >= 0.6 is 46.4 Å². The van der Waals surface area contributed by atoms with E-state index in [1.54, 1.807) is 55.5 Å². The molecule has 4 rings (SSSR count). The molecular formula is C28H28Cl4N4O6. The molecule has 1 fully saturated rings. The summed E-state index contributed by atoms with van der Waals surface area (Å²) in [6.45, 7) is 5.17. The highest BCUT2D eigenvalue weighted by Crippen LogP contribution is 2.37. The Morgan fingerprint density at radius 1 is 1.05 bits per heavy atom. The summed E-state index contributed by atoms with van der Waals surface area (Å²) in [5.74, 6) is -1.41. The largest absolute Gasteiger partial charge is 0.465 e. The van der Waals surface area contributed by atoms with Crippen molar-refractivity contribution in [1.82, 2.24) is 15.1 Å². The number of likely N-dealkylation sites (tertiary alicyclic amines) is 1. The maximum Gasteiger partial charge on any atom is 0.408 e. The summed E-state index contributed by atoms with van der Waals surface area (Å²) >= 11 is 24.8. The first-order valence-corrected chi connectivity index (χ1v) is 14.6. The second kappa shape index (κ2) is 13.1. The van der Waals surface area contributed by atoms with Gasteiger partial charge in [-0.25, -0.2) is 14.8 Å². The molecular weight excluding hydrogens is 630 g/mol. The number of anilines is 1. The van der Waals surface area contributed by atoms with Crippen LogP contribution in [0.1, 0.15) is 27.2 Å². The highest BCUT2D eigenvalue weighted by molar-refractivity contribution is 6.54. The van der Waals surface area contributed by atoms with E-state index in [2.05, 4.69) is 5.16 Å². The number of nitrogens with zero attached hydrogens (tertiary/aromatic N) is 4. The van der Waals surface area contributed by atoms with Gasteiger partial charge in [0.1, 0.15) is 11.7 Å². The summed E-state index contributed by atoms with van der Waals surface area (Å²) in [6.07, 6.45) is -2.54. The van der Waals surface area contributed by atoms with E-state index in [1.807, 2.05) is 13.8 Å². The first kappa shape index (κ1) is 31.9. The molecule has 1 saturated heterocycles. The number of carboxylic acid groups (broad SMARTS) is 1. The van der Waals surface area contributed by atoms with Crippen LogP contribution in [0.2, 0.25) is 10.0 Å². The number of halogens is 4. The number of aliphatic hydroxyl groups excluding tert-OH is 1. The fraction of sp³-hybridized carbons (Fsp3) is 0.357. The van der Waals surface area contributed by atoms with E-state index in [4.69, 9.17) is 50.9 Å². The molecule has 3 atom stereocenters. The van der Waals surface area contributed by atoms with Crippen LogP contribution in [0, 0.1) is 5.92 Å². The zero-order valence-electron chi connectivity index (χ0n) is 22.7. The van der Waals surface area contributed by atoms with Crippen molar-refractivity contribution in [2.45, 2.75) is 50.2 Å². The molecule has 224 valence electrons. The number of hydrogen-bond acceptors (Lipinski definition) is 6. The van der Waals surface area contributed by atoms with Crippen LogP contribution in [0.15, 0.2) is 53.1 Å². The van der Waals surface area contributed by atoms with E-state index >= 15 is 0 Å². The quantitative estimate of drug-likeness (QED) is 0.224. The van der Waals surface area contributed by atoms with Crippen molar-refractivity contribution in [1.29, 1.82) is 0 Å². The number of hydrazine groups is 1. The number of aliphatic hydroxyl groups is 1. The van der Waals surface area contributed by atoms with Crippen LogP contribution < -0.4 is 5.01 Å². The Bertz CT molecular complexity index is 1460. The Balaban J connectivity index is 1.80. The number of benzene rings is 2. The molecule has 3 aromatic rings. The van der Waals surface area contributed by atoms with Gasteiger partial charge in [-0.3, -0.25) is 14.5 Å². The van der Waals surface area contributed by atoms with Crippen molar-refractivity contribution < 1.29 is 29.1 Å². The van der Waals surface area contributed by atoms with Crippen molar-refractivity contribution in [3.05, 3.63) is 58.6 Å². The molecule has 1 aliphatic heterocycles. The van der Waals surface area contributed by atoms with Crippen LogP contribution in [-0.4, -0.2) is 72.8 Å². The van der Waals surface area contributed by atoms with Gasteiger partial charge in [0.05, 0.1) is 34.4 Å². The fourth-order valence-corrected chi connectivity index (χ4v) is 5.46. The number of carbonyl (C=O) groups is 3. The predicted octanol–water partition coefficient (Wildman–Crippen LogP) is 6.35. The average molecular weight is 658 g/mol. The van der Waals surface area contributed by atoms with Crippen molar-refractivity contribution in [3.8, 4) is 22.6 Å². The van der Waals surface area contributed by atoms with E-state index in [1.165, 1.54) is 0 Å². The van der Waals surface area contributed by atoms with E-state index in [9.17, 15) is 24.6 Å². The molecule has 2 unspecified atom stereocenters. The monoisotopic (exact) mass is 656 g/mol. The SMILES string of the molecule is CC(C)[C@H](C)N(C(=O)C1CC(O)CN1C(=O)O)N(C(=O)C(Cl)Cl)c1cccc(-c2cc(-c3c(Cl)cccc3Cl)no2)c1. The molecule has 10 nitrogen and oxygen atoms in total. The first-order valence-electron chi connectivity index (χ1n) is 13.0. The van der Waals surface area contributed by atoms with Gasteiger partial charge < -0.3 is 14.7 Å². The lowest BCUT2D eigenvalue weighted by molar-refractivity contribution is -0.143. The summed E-state index contributed by atoms with van der Waals surface area (Å²) in [5, 5.41) is 27.0. The molecule has 0 radical (unpaired) electrons. The molecule has 0 spiro atoms. The number of β-amino-alcohol motifs (C(OH)–C–C–N with tert-alkyl or cyclic N) is 1. The zero-order chi connectivity index (χ0) is 30.9. The van der Waals surface area contributed by atoms with Crippen LogP contribution in [0.25, 0.3) is 22.6 Å². The molecule has 2 aromatic carbocycles. The fourth-order valence-electron chi connectivity index (χ4n) is 4.69. The molecule has 0 bridgehead atoms. The first-order chi connectivity index (χ1) is 19.8. The summed E-state index contributed by atoms with van der Waals surface area (Å²) in [4.78, 5) is 38.8. The maximum absolute atomic E-state index is 14.0. The Morgan fingerprint density at radius 2 is 1.69 bits per heavy atom. The average Bonchev–Trinajstić information content (AvgIpc) is 3.58. The number of hydrogen-bond donors (Lipinski definition) is 2. The van der Waals surface area contributed by atoms with Gasteiger partial charge in [-0.05, 0) is 37.1 Å². The Hall–Kier alpha value is -3.02. The zero-order valence-corrected chi connectivity index (χ0v) is 25.8. The second-order valence-electron chi connectivity index (χ2n) is 10.2. The summed E-state index contributed by atoms with van der Waals surface area (Å²) in [6, 6.07) is 11.3. The minimum atomic E-state index is -1.56. The van der Waals surface area contributed by atoms with Crippen LogP contribution in [0.4, 0.5) is 10.5 Å². The van der Waals surface area contributed by atoms with Gasteiger partial charge in [0.2, 0.25) is 0 Å². The van der Waals surface area contributed by atoms with Crippen LogP contribution in [-0.2, 0) is 9.59 Å². The standard InChI is InChI=1S/C28H28Cl4N4O6/c1-14(2)15(3)35(26(38)22-11-18(37)13-34(22)28(40)41)36(27(39)25(31)32)17-7-4-6-16(10-17)23-12-21(33-42-23)24-19(29)8-5-9-20(24)30/h4-10,12,14-15,18,22,25,37H,11,13H2,1-3H3,(H,40,41)/t15-,18?,22?/m0/s1. The van der Waals surface area contributed by atoms with Gasteiger partial charge >= 0.3 is 6.09 Å². The molecule has 0 saturated carbocycles. The van der Waals surface area contributed by atoms with Gasteiger partial charge in [0.15, 0.2) is 10.6 Å². The van der Waals surface area contributed by atoms with Gasteiger partial charge in [-0.2, -0.15) is 0 Å². The number of rotatable bonds is 7. The van der Waals surface area contributed by atoms with Gasteiger partial charge in [-0.15, -0.1) is 0 Å². The third-order valence-corrected chi connectivity index (χ3v) is 8.10. The number of aromatic nitrogens is 1. The van der Waals surface area contributed by atoms with E-state index in [0.29, 0.717) is 32.6 Å². The molecule has 42 heavy (non-hydrogen) atoms. The number of alkyl halides is 2. The molecule has 14 heteroatoms. The maximum atomic E-state index is 14.0. The summed E-state index contributed by atoms with van der Waals surface area (Å²) in [7, 11) is 0. The van der Waals surface area contributed by atoms with Crippen molar-refractivity contribution in [2.24, 2.45) is 5.92 Å². The highest BCUT2D eigenvalue weighted by atomic mass is 35.5. The summed E-state index contributed by atoms with van der Waals surface area (Å²) in [5.41, 5.74) is 1.57. The van der Waals surface area contributed by atoms with Crippen molar-refractivity contribution in [2.75, 3.05) is 11.6 Å². The highest BCUT2D eigenvalue weighted by Gasteiger charge is 2.45. The van der Waals surface area contributed by atoms with Gasteiger partial charge in [0, 0.05) is 23.6 Å².